The maximum Gasteiger partial charge on any atom is 0.252 e. The summed E-state index contributed by atoms with van der Waals surface area (Å²) in [6.07, 6.45) is 0. The zero-order chi connectivity index (χ0) is 13.7. The van der Waals surface area contributed by atoms with Gasteiger partial charge in [-0.2, -0.15) is 0 Å². The molecule has 0 heterocycles. The van der Waals surface area contributed by atoms with Crippen molar-refractivity contribution in [3.05, 3.63) is 33.8 Å². The molecule has 0 aliphatic heterocycles. The van der Waals surface area contributed by atoms with Gasteiger partial charge in [0.15, 0.2) is 0 Å². The van der Waals surface area contributed by atoms with Crippen molar-refractivity contribution < 1.29 is 4.79 Å². The van der Waals surface area contributed by atoms with Crippen molar-refractivity contribution in [3.8, 4) is 0 Å². The number of nitrogens with one attached hydrogen (secondary N) is 1. The summed E-state index contributed by atoms with van der Waals surface area (Å²) >= 11 is 3.45. The Morgan fingerprint density at radius 1 is 1.44 bits per heavy atom. The highest BCUT2D eigenvalue weighted by atomic mass is 79.9. The predicted octanol–water partition coefficient (Wildman–Crippen LogP) is 2.83. The van der Waals surface area contributed by atoms with Crippen LogP contribution in [0.2, 0.25) is 0 Å². The molecule has 0 spiro atoms. The van der Waals surface area contributed by atoms with Gasteiger partial charge in [-0.15, -0.1) is 0 Å². The van der Waals surface area contributed by atoms with Crippen LogP contribution < -0.4 is 5.32 Å². The largest absolute Gasteiger partial charge is 0.351 e. The molecule has 100 valence electrons. The van der Waals surface area contributed by atoms with E-state index in [-0.39, 0.29) is 5.91 Å². The van der Waals surface area contributed by atoms with Crippen LogP contribution in [0.15, 0.2) is 22.7 Å². The van der Waals surface area contributed by atoms with Gasteiger partial charge in [0, 0.05) is 23.6 Å². The average molecular weight is 313 g/mol. The summed E-state index contributed by atoms with van der Waals surface area (Å²) in [5.74, 6) is -0.0252. The van der Waals surface area contributed by atoms with Crippen LogP contribution in [-0.4, -0.2) is 37.0 Å². The molecule has 0 unspecified atom stereocenters. The summed E-state index contributed by atoms with van der Waals surface area (Å²) in [4.78, 5) is 14.2. The first-order valence-corrected chi connectivity index (χ1v) is 6.96. The first-order chi connectivity index (χ1) is 8.43. The topological polar surface area (TPSA) is 32.3 Å². The normalized spacial score (nSPS) is 11.1. The first-order valence-electron chi connectivity index (χ1n) is 6.17. The van der Waals surface area contributed by atoms with Crippen LogP contribution in [0.25, 0.3) is 0 Å². The van der Waals surface area contributed by atoms with Crippen LogP contribution in [0.3, 0.4) is 0 Å². The van der Waals surface area contributed by atoms with Crippen molar-refractivity contribution >= 4 is 21.8 Å². The fourth-order valence-corrected chi connectivity index (χ4v) is 1.97. The minimum atomic E-state index is -0.0252. The first kappa shape index (κ1) is 15.2. The van der Waals surface area contributed by atoms with Gasteiger partial charge in [0.25, 0.3) is 5.91 Å². The summed E-state index contributed by atoms with van der Waals surface area (Å²) in [5, 5.41) is 2.94. The molecule has 0 atom stereocenters. The van der Waals surface area contributed by atoms with Gasteiger partial charge in [-0.1, -0.05) is 12.1 Å². The Labute approximate surface area is 118 Å². The second-order valence-electron chi connectivity index (χ2n) is 4.77. The van der Waals surface area contributed by atoms with Crippen molar-refractivity contribution in [1.29, 1.82) is 0 Å². The molecular weight excluding hydrogens is 292 g/mol. The number of carbonyl (C=O) groups is 1. The van der Waals surface area contributed by atoms with Crippen LogP contribution in [0.1, 0.15) is 29.8 Å². The fourth-order valence-electron chi connectivity index (χ4n) is 1.52. The third-order valence-corrected chi connectivity index (χ3v) is 4.12. The minimum absolute atomic E-state index is 0.0252. The second kappa shape index (κ2) is 6.90. The number of halogens is 1. The molecule has 0 fully saturated rings. The number of aryl methyl sites for hydroxylation is 1. The lowest BCUT2D eigenvalue weighted by Crippen LogP contribution is -2.36. The Morgan fingerprint density at radius 3 is 2.72 bits per heavy atom. The number of benzene rings is 1. The van der Waals surface area contributed by atoms with E-state index < -0.39 is 0 Å². The SMILES string of the molecule is Cc1cccc(C(=O)NCCN(C)C(C)C)c1Br. The summed E-state index contributed by atoms with van der Waals surface area (Å²) < 4.78 is 0.875. The molecule has 0 aliphatic rings. The molecule has 0 aliphatic carbocycles. The molecule has 1 aromatic carbocycles. The van der Waals surface area contributed by atoms with Gasteiger partial charge in [-0.25, -0.2) is 0 Å². The average Bonchev–Trinajstić information content (AvgIpc) is 2.32. The zero-order valence-corrected chi connectivity index (χ0v) is 13.0. The van der Waals surface area contributed by atoms with E-state index in [0.717, 1.165) is 16.6 Å². The molecule has 0 radical (unpaired) electrons. The van der Waals surface area contributed by atoms with E-state index in [1.54, 1.807) is 0 Å². The Kier molecular flexibility index (Phi) is 5.82. The highest BCUT2D eigenvalue weighted by Crippen LogP contribution is 2.20. The Bertz CT molecular complexity index is 418. The van der Waals surface area contributed by atoms with E-state index in [1.807, 2.05) is 25.1 Å². The second-order valence-corrected chi connectivity index (χ2v) is 5.56. The molecule has 4 heteroatoms. The monoisotopic (exact) mass is 312 g/mol. The van der Waals surface area contributed by atoms with Crippen LogP contribution in [0.5, 0.6) is 0 Å². The predicted molar refractivity (Wildman–Crippen MR) is 79.0 cm³/mol. The highest BCUT2D eigenvalue weighted by molar-refractivity contribution is 9.10. The fraction of sp³-hybridized carbons (Fsp3) is 0.500. The van der Waals surface area contributed by atoms with E-state index in [0.29, 0.717) is 18.2 Å². The van der Waals surface area contributed by atoms with E-state index in [1.165, 1.54) is 0 Å². The van der Waals surface area contributed by atoms with E-state index in [4.69, 9.17) is 0 Å². The number of nitrogens with zero attached hydrogens (tertiary/aromatic N) is 1. The molecule has 1 amide bonds. The third-order valence-electron chi connectivity index (χ3n) is 3.07. The van der Waals surface area contributed by atoms with Crippen molar-refractivity contribution in [2.75, 3.05) is 20.1 Å². The summed E-state index contributed by atoms with van der Waals surface area (Å²) in [6.45, 7) is 7.77. The maximum absolute atomic E-state index is 12.0. The molecule has 1 aromatic rings. The minimum Gasteiger partial charge on any atom is -0.351 e. The standard InChI is InChI=1S/C14H21BrN2O/c1-10(2)17(4)9-8-16-14(18)12-7-5-6-11(3)13(12)15/h5-7,10H,8-9H2,1-4H3,(H,16,18). The van der Waals surface area contributed by atoms with Crippen molar-refractivity contribution in [2.45, 2.75) is 26.8 Å². The molecule has 3 nitrogen and oxygen atoms in total. The zero-order valence-electron chi connectivity index (χ0n) is 11.5. The van der Waals surface area contributed by atoms with Crippen LogP contribution in [0, 0.1) is 6.92 Å². The van der Waals surface area contributed by atoms with Gasteiger partial charge in [0.05, 0.1) is 5.56 Å². The molecule has 0 aromatic heterocycles. The van der Waals surface area contributed by atoms with Crippen molar-refractivity contribution in [3.63, 3.8) is 0 Å². The molecule has 0 saturated carbocycles. The van der Waals surface area contributed by atoms with Gasteiger partial charge in [0.1, 0.15) is 0 Å². The van der Waals surface area contributed by atoms with E-state index in [2.05, 4.69) is 47.0 Å². The van der Waals surface area contributed by atoms with Crippen LogP contribution in [-0.2, 0) is 0 Å². The molecule has 0 bridgehead atoms. The number of hydrogen-bond acceptors (Lipinski definition) is 2. The lowest BCUT2D eigenvalue weighted by Gasteiger charge is -2.21. The van der Waals surface area contributed by atoms with Gasteiger partial charge < -0.3 is 10.2 Å². The van der Waals surface area contributed by atoms with E-state index >= 15 is 0 Å². The summed E-state index contributed by atoms with van der Waals surface area (Å²) in [5.41, 5.74) is 1.77. The number of carbonyl (C=O) groups excluding carboxylic acids is 1. The van der Waals surface area contributed by atoms with Crippen LogP contribution in [0.4, 0.5) is 0 Å². The lowest BCUT2D eigenvalue weighted by atomic mass is 10.1. The van der Waals surface area contributed by atoms with E-state index in [9.17, 15) is 4.79 Å². The van der Waals surface area contributed by atoms with Crippen molar-refractivity contribution in [1.82, 2.24) is 10.2 Å². The van der Waals surface area contributed by atoms with Gasteiger partial charge in [0.2, 0.25) is 0 Å². The number of amides is 1. The number of likely N-dealkylation sites (N-methyl/N-ethyl adjacent to an activating group) is 1. The molecular formula is C14H21BrN2O. The third kappa shape index (κ3) is 4.10. The Balaban J connectivity index is 2.54. The maximum atomic E-state index is 12.0. The Hall–Kier alpha value is -0.870. The number of rotatable bonds is 5. The summed E-state index contributed by atoms with van der Waals surface area (Å²) in [7, 11) is 2.05. The molecule has 1 N–H and O–H groups in total. The lowest BCUT2D eigenvalue weighted by molar-refractivity contribution is 0.0947. The summed E-state index contributed by atoms with van der Waals surface area (Å²) in [6, 6.07) is 6.20. The van der Waals surface area contributed by atoms with Gasteiger partial charge in [-0.05, 0) is 55.4 Å². The van der Waals surface area contributed by atoms with Gasteiger partial charge >= 0.3 is 0 Å². The molecule has 1 rings (SSSR count). The Morgan fingerprint density at radius 2 is 2.11 bits per heavy atom. The molecule has 18 heavy (non-hydrogen) atoms. The van der Waals surface area contributed by atoms with Crippen LogP contribution >= 0.6 is 15.9 Å². The smallest absolute Gasteiger partial charge is 0.252 e. The quantitative estimate of drug-likeness (QED) is 0.906. The van der Waals surface area contributed by atoms with Gasteiger partial charge in [-0.3, -0.25) is 4.79 Å². The molecule has 0 saturated heterocycles. The van der Waals surface area contributed by atoms with Crippen molar-refractivity contribution in [2.24, 2.45) is 0 Å². The number of hydrogen-bond donors (Lipinski definition) is 1. The highest BCUT2D eigenvalue weighted by Gasteiger charge is 2.11.